The van der Waals surface area contributed by atoms with E-state index >= 15 is 0 Å². The van der Waals surface area contributed by atoms with Gasteiger partial charge in [-0.3, -0.25) is 4.98 Å². The van der Waals surface area contributed by atoms with E-state index in [2.05, 4.69) is 4.98 Å². The summed E-state index contributed by atoms with van der Waals surface area (Å²) >= 11 is -1.95. The Morgan fingerprint density at radius 2 is 2.14 bits per heavy atom. The molecule has 0 bridgehead atoms. The van der Waals surface area contributed by atoms with Gasteiger partial charge in [-0.05, 0) is 30.7 Å². The topological polar surface area (TPSA) is 50.2 Å². The highest BCUT2D eigenvalue weighted by molar-refractivity contribution is 7.79. The van der Waals surface area contributed by atoms with Crippen molar-refractivity contribution in [2.24, 2.45) is 0 Å². The molecule has 0 aliphatic carbocycles. The van der Waals surface area contributed by atoms with E-state index in [1.54, 1.807) is 30.5 Å². The van der Waals surface area contributed by atoms with E-state index in [4.69, 9.17) is 4.55 Å². The van der Waals surface area contributed by atoms with Crippen molar-refractivity contribution in [3.05, 3.63) is 36.0 Å². The number of pyridine rings is 1. The molecule has 72 valence electrons. The molecule has 0 spiro atoms. The van der Waals surface area contributed by atoms with Crippen LogP contribution in [0.1, 0.15) is 5.56 Å². The molecule has 3 nitrogen and oxygen atoms in total. The van der Waals surface area contributed by atoms with Crippen molar-refractivity contribution >= 4 is 22.0 Å². The molecular weight excluding hydrogens is 198 g/mol. The Hall–Kier alpha value is -1.26. The van der Waals surface area contributed by atoms with Gasteiger partial charge in [-0.2, -0.15) is 0 Å². The van der Waals surface area contributed by atoms with Crippen LogP contribution in [0.4, 0.5) is 0 Å². The lowest BCUT2D eigenvalue weighted by molar-refractivity contribution is 0.565. The second-order valence-corrected chi connectivity index (χ2v) is 3.97. The van der Waals surface area contributed by atoms with Crippen molar-refractivity contribution in [2.75, 3.05) is 0 Å². The largest absolute Gasteiger partial charge is 0.302 e. The second-order valence-electron chi connectivity index (χ2n) is 3.03. The fourth-order valence-electron chi connectivity index (χ4n) is 1.44. The summed E-state index contributed by atoms with van der Waals surface area (Å²) < 4.78 is 20.1. The molecule has 0 saturated heterocycles. The highest BCUT2D eigenvalue weighted by Crippen LogP contribution is 2.21. The van der Waals surface area contributed by atoms with Gasteiger partial charge >= 0.3 is 0 Å². The maximum atomic E-state index is 11.0. The summed E-state index contributed by atoms with van der Waals surface area (Å²) in [7, 11) is 0. The van der Waals surface area contributed by atoms with Crippen molar-refractivity contribution in [3.63, 3.8) is 0 Å². The third kappa shape index (κ3) is 1.42. The number of aromatic nitrogens is 1. The normalized spacial score (nSPS) is 13.0. The maximum absolute atomic E-state index is 11.0. The van der Waals surface area contributed by atoms with Gasteiger partial charge in [0.05, 0.1) is 10.4 Å². The molecule has 4 heteroatoms. The van der Waals surface area contributed by atoms with E-state index in [-0.39, 0.29) is 0 Å². The number of hydrogen-bond acceptors (Lipinski definition) is 2. The van der Waals surface area contributed by atoms with Gasteiger partial charge in [0.15, 0.2) is 11.1 Å². The molecule has 2 aromatic rings. The number of benzene rings is 1. The standard InChI is InChI=1S/C10H9NO2S/c1-7-4-5-9(14(12)13)8-3-2-6-11-10(7)8/h2-6H,1H3,(H,12,13). The van der Waals surface area contributed by atoms with Crippen LogP contribution in [-0.4, -0.2) is 13.7 Å². The molecule has 0 aliphatic rings. The van der Waals surface area contributed by atoms with E-state index in [0.717, 1.165) is 16.5 Å². The van der Waals surface area contributed by atoms with Crippen LogP contribution in [0.2, 0.25) is 0 Å². The third-order valence-electron chi connectivity index (χ3n) is 2.12. The second kappa shape index (κ2) is 3.48. The lowest BCUT2D eigenvalue weighted by Gasteiger charge is -2.03. The molecular formula is C10H9NO2S. The number of rotatable bonds is 1. The highest BCUT2D eigenvalue weighted by atomic mass is 32.2. The van der Waals surface area contributed by atoms with Gasteiger partial charge < -0.3 is 4.55 Å². The summed E-state index contributed by atoms with van der Waals surface area (Å²) in [6.07, 6.45) is 1.68. The Morgan fingerprint density at radius 3 is 2.86 bits per heavy atom. The fourth-order valence-corrected chi connectivity index (χ4v) is 1.98. The summed E-state index contributed by atoms with van der Waals surface area (Å²) in [5.74, 6) is 0. The van der Waals surface area contributed by atoms with Crippen molar-refractivity contribution in [1.29, 1.82) is 0 Å². The zero-order valence-corrected chi connectivity index (χ0v) is 8.41. The first kappa shape index (κ1) is 9.30. The molecule has 1 heterocycles. The molecule has 0 amide bonds. The lowest BCUT2D eigenvalue weighted by Crippen LogP contribution is -1.92. The Kier molecular flexibility index (Phi) is 2.31. The zero-order chi connectivity index (χ0) is 10.1. The Bertz CT molecular complexity index is 510. The quantitative estimate of drug-likeness (QED) is 0.729. The molecule has 1 aromatic carbocycles. The van der Waals surface area contributed by atoms with E-state index in [1.165, 1.54) is 0 Å². The van der Waals surface area contributed by atoms with E-state index < -0.39 is 11.1 Å². The predicted octanol–water partition coefficient (Wildman–Crippen LogP) is 2.12. The SMILES string of the molecule is Cc1ccc(S(=O)O)c2cccnc12. The van der Waals surface area contributed by atoms with E-state index in [0.29, 0.717) is 4.90 Å². The summed E-state index contributed by atoms with van der Waals surface area (Å²) in [5.41, 5.74) is 1.79. The van der Waals surface area contributed by atoms with Crippen molar-refractivity contribution in [1.82, 2.24) is 4.98 Å². The zero-order valence-electron chi connectivity index (χ0n) is 7.60. The minimum Gasteiger partial charge on any atom is -0.302 e. The van der Waals surface area contributed by atoms with Crippen LogP contribution in [0, 0.1) is 6.92 Å². The minimum atomic E-state index is -1.95. The fraction of sp³-hybridized carbons (Fsp3) is 0.100. The molecule has 1 unspecified atom stereocenters. The molecule has 1 atom stereocenters. The molecule has 0 fully saturated rings. The van der Waals surface area contributed by atoms with Gasteiger partial charge in [-0.25, -0.2) is 4.21 Å². The van der Waals surface area contributed by atoms with Crippen molar-refractivity contribution in [2.45, 2.75) is 11.8 Å². The molecule has 1 aromatic heterocycles. The average molecular weight is 207 g/mol. The van der Waals surface area contributed by atoms with Gasteiger partial charge in [0, 0.05) is 11.6 Å². The van der Waals surface area contributed by atoms with Crippen molar-refractivity contribution < 1.29 is 8.76 Å². The summed E-state index contributed by atoms with van der Waals surface area (Å²) in [5, 5.41) is 0.744. The summed E-state index contributed by atoms with van der Waals surface area (Å²) in [6, 6.07) is 7.03. The van der Waals surface area contributed by atoms with Gasteiger partial charge in [0.2, 0.25) is 0 Å². The highest BCUT2D eigenvalue weighted by Gasteiger charge is 2.07. The average Bonchev–Trinajstić information content (AvgIpc) is 2.18. The van der Waals surface area contributed by atoms with Crippen LogP contribution in [0.25, 0.3) is 10.9 Å². The van der Waals surface area contributed by atoms with E-state index in [1.807, 2.05) is 6.92 Å². The van der Waals surface area contributed by atoms with Crippen LogP contribution < -0.4 is 0 Å². The Morgan fingerprint density at radius 1 is 1.36 bits per heavy atom. The van der Waals surface area contributed by atoms with Crippen LogP contribution in [0.3, 0.4) is 0 Å². The maximum Gasteiger partial charge on any atom is 0.187 e. The first-order chi connectivity index (χ1) is 6.70. The molecule has 2 rings (SSSR count). The summed E-state index contributed by atoms with van der Waals surface area (Å²) in [4.78, 5) is 4.59. The molecule has 0 radical (unpaired) electrons. The summed E-state index contributed by atoms with van der Waals surface area (Å²) in [6.45, 7) is 1.93. The monoisotopic (exact) mass is 207 g/mol. The van der Waals surface area contributed by atoms with Gasteiger partial charge in [0.1, 0.15) is 0 Å². The molecule has 0 saturated carbocycles. The van der Waals surface area contributed by atoms with Crippen molar-refractivity contribution in [3.8, 4) is 0 Å². The third-order valence-corrected chi connectivity index (χ3v) is 2.85. The van der Waals surface area contributed by atoms with Gasteiger partial charge in [0.25, 0.3) is 0 Å². The van der Waals surface area contributed by atoms with E-state index in [9.17, 15) is 4.21 Å². The number of hydrogen-bond donors (Lipinski definition) is 1. The van der Waals surface area contributed by atoms with Crippen LogP contribution in [0.5, 0.6) is 0 Å². The van der Waals surface area contributed by atoms with Crippen LogP contribution in [0.15, 0.2) is 35.4 Å². The minimum absolute atomic E-state index is 0.415. The first-order valence-electron chi connectivity index (χ1n) is 4.15. The predicted molar refractivity (Wildman–Crippen MR) is 55.5 cm³/mol. The lowest BCUT2D eigenvalue weighted by atomic mass is 10.1. The number of nitrogens with zero attached hydrogens (tertiary/aromatic N) is 1. The van der Waals surface area contributed by atoms with Gasteiger partial charge in [-0.1, -0.05) is 6.07 Å². The number of aryl methyl sites for hydroxylation is 1. The number of fused-ring (bicyclic) bond motifs is 1. The first-order valence-corrected chi connectivity index (χ1v) is 5.26. The molecule has 0 aliphatic heterocycles. The van der Waals surface area contributed by atoms with Gasteiger partial charge in [-0.15, -0.1) is 0 Å². The Labute approximate surface area is 84.1 Å². The van der Waals surface area contributed by atoms with Crippen LogP contribution >= 0.6 is 0 Å². The molecule has 14 heavy (non-hydrogen) atoms. The smallest absolute Gasteiger partial charge is 0.187 e. The molecule has 1 N–H and O–H groups in total. The Balaban J connectivity index is 2.88. The van der Waals surface area contributed by atoms with Crippen LogP contribution in [-0.2, 0) is 11.1 Å².